The van der Waals surface area contributed by atoms with Crippen LogP contribution < -0.4 is 15.4 Å². The van der Waals surface area contributed by atoms with Gasteiger partial charge in [0.1, 0.15) is 12.4 Å². The predicted octanol–water partition coefficient (Wildman–Crippen LogP) is 2.76. The predicted molar refractivity (Wildman–Crippen MR) is 112 cm³/mol. The second-order valence-corrected chi connectivity index (χ2v) is 6.85. The molecule has 0 aliphatic carbocycles. The molecule has 2 aromatic carbocycles. The molecule has 1 atom stereocenters. The third-order valence-electron chi connectivity index (χ3n) is 4.67. The number of para-hydroxylation sites is 2. The van der Waals surface area contributed by atoms with Gasteiger partial charge in [-0.15, -0.1) is 0 Å². The first-order valence-electron chi connectivity index (χ1n) is 9.40. The summed E-state index contributed by atoms with van der Waals surface area (Å²) in [6.07, 6.45) is 0. The molecule has 150 valence electrons. The average Bonchev–Trinajstić information content (AvgIpc) is 2.69. The van der Waals surface area contributed by atoms with Crippen molar-refractivity contribution in [3.63, 3.8) is 0 Å². The van der Waals surface area contributed by atoms with Crippen molar-refractivity contribution in [2.75, 3.05) is 32.1 Å². The molecule has 28 heavy (non-hydrogen) atoms. The molecule has 0 unspecified atom stereocenters. The Morgan fingerprint density at radius 1 is 1.04 bits per heavy atom. The molecule has 0 bridgehead atoms. The Kier molecular flexibility index (Phi) is 8.02. The molecule has 0 aliphatic rings. The Hall–Kier alpha value is -2.86. The van der Waals surface area contributed by atoms with Crippen molar-refractivity contribution in [1.82, 2.24) is 10.2 Å². The number of ether oxygens (including phenoxy) is 1. The molecule has 0 saturated carbocycles. The van der Waals surface area contributed by atoms with Gasteiger partial charge in [-0.05, 0) is 51.1 Å². The van der Waals surface area contributed by atoms with E-state index < -0.39 is 0 Å². The molecule has 2 amide bonds. The first kappa shape index (κ1) is 21.4. The minimum absolute atomic E-state index is 0.0642. The lowest BCUT2D eigenvalue weighted by Crippen LogP contribution is -2.46. The van der Waals surface area contributed by atoms with Crippen molar-refractivity contribution in [3.8, 4) is 5.75 Å². The lowest BCUT2D eigenvalue weighted by Gasteiger charge is -2.23. The van der Waals surface area contributed by atoms with Crippen LogP contribution in [0.3, 0.4) is 0 Å². The normalized spacial score (nSPS) is 11.8. The molecule has 2 rings (SSSR count). The van der Waals surface area contributed by atoms with Crippen LogP contribution in [0.4, 0.5) is 5.69 Å². The molecular formula is C22H29N3O3. The van der Waals surface area contributed by atoms with E-state index in [2.05, 4.69) is 10.6 Å². The van der Waals surface area contributed by atoms with E-state index in [0.717, 1.165) is 22.6 Å². The summed E-state index contributed by atoms with van der Waals surface area (Å²) in [7, 11) is 1.86. The molecule has 2 N–H and O–H groups in total. The van der Waals surface area contributed by atoms with Crippen LogP contribution in [0.1, 0.15) is 18.1 Å². The molecule has 0 aliphatic heterocycles. The van der Waals surface area contributed by atoms with Crippen molar-refractivity contribution in [1.29, 1.82) is 0 Å². The van der Waals surface area contributed by atoms with E-state index in [1.807, 2.05) is 74.3 Å². The van der Waals surface area contributed by atoms with Gasteiger partial charge in [-0.3, -0.25) is 14.5 Å². The third kappa shape index (κ3) is 6.39. The monoisotopic (exact) mass is 383 g/mol. The van der Waals surface area contributed by atoms with Gasteiger partial charge in [-0.1, -0.05) is 36.4 Å². The number of hydrogen-bond donors (Lipinski definition) is 2. The van der Waals surface area contributed by atoms with Crippen LogP contribution in [-0.2, 0) is 9.59 Å². The highest BCUT2D eigenvalue weighted by atomic mass is 16.5. The summed E-state index contributed by atoms with van der Waals surface area (Å²) in [6.45, 7) is 6.70. The summed E-state index contributed by atoms with van der Waals surface area (Å²) in [5.74, 6) is 0.364. The topological polar surface area (TPSA) is 70.7 Å². The van der Waals surface area contributed by atoms with Crippen LogP contribution in [0.5, 0.6) is 5.75 Å². The molecule has 0 saturated heterocycles. The Balaban J connectivity index is 1.74. The van der Waals surface area contributed by atoms with Crippen molar-refractivity contribution in [3.05, 3.63) is 59.7 Å². The molecule has 6 nitrogen and oxygen atoms in total. The third-order valence-corrected chi connectivity index (χ3v) is 4.67. The molecule has 0 heterocycles. The maximum absolute atomic E-state index is 12.3. The summed E-state index contributed by atoms with van der Waals surface area (Å²) in [5, 5.41) is 5.56. The maximum Gasteiger partial charge on any atom is 0.243 e. The fourth-order valence-corrected chi connectivity index (χ4v) is 2.73. The number of nitrogens with one attached hydrogen (secondary N) is 2. The number of carbonyl (C=O) groups excluding carboxylic acids is 2. The van der Waals surface area contributed by atoms with E-state index in [1.54, 1.807) is 6.92 Å². The van der Waals surface area contributed by atoms with Crippen molar-refractivity contribution < 1.29 is 14.3 Å². The number of aryl methyl sites for hydroxylation is 2. The standard InChI is InChI=1S/C22H29N3O3/c1-16-9-8-10-17(2)21(16)24-20(26)15-23-22(27)18(3)25(4)13-14-28-19-11-6-5-7-12-19/h5-12,18H,13-15H2,1-4H3,(H,23,27)(H,24,26)/t18-/m1/s1. The minimum Gasteiger partial charge on any atom is -0.492 e. The average molecular weight is 383 g/mol. The van der Waals surface area contributed by atoms with Gasteiger partial charge < -0.3 is 15.4 Å². The molecule has 6 heteroatoms. The fraction of sp³-hybridized carbons (Fsp3) is 0.364. The summed E-state index contributed by atoms with van der Waals surface area (Å²) in [4.78, 5) is 26.4. The highest BCUT2D eigenvalue weighted by molar-refractivity contribution is 5.96. The van der Waals surface area contributed by atoms with Gasteiger partial charge in [0, 0.05) is 12.2 Å². The Labute approximate surface area is 166 Å². The lowest BCUT2D eigenvalue weighted by molar-refractivity contribution is -0.127. The summed E-state index contributed by atoms with van der Waals surface area (Å²) in [6, 6.07) is 15.0. The molecule has 0 fully saturated rings. The Morgan fingerprint density at radius 3 is 2.32 bits per heavy atom. The second kappa shape index (κ2) is 10.5. The number of hydrogen-bond acceptors (Lipinski definition) is 4. The van der Waals surface area contributed by atoms with E-state index in [4.69, 9.17) is 4.74 Å². The van der Waals surface area contributed by atoms with Gasteiger partial charge in [-0.2, -0.15) is 0 Å². The van der Waals surface area contributed by atoms with Gasteiger partial charge >= 0.3 is 0 Å². The summed E-state index contributed by atoms with van der Waals surface area (Å²) in [5.41, 5.74) is 2.78. The number of amides is 2. The zero-order valence-corrected chi connectivity index (χ0v) is 17.0. The van der Waals surface area contributed by atoms with Crippen LogP contribution in [0.15, 0.2) is 48.5 Å². The largest absolute Gasteiger partial charge is 0.492 e. The quantitative estimate of drug-likeness (QED) is 0.699. The van der Waals surface area contributed by atoms with Crippen LogP contribution in [-0.4, -0.2) is 49.5 Å². The van der Waals surface area contributed by atoms with E-state index in [1.165, 1.54) is 0 Å². The van der Waals surface area contributed by atoms with E-state index >= 15 is 0 Å². The first-order valence-corrected chi connectivity index (χ1v) is 9.40. The van der Waals surface area contributed by atoms with Crippen LogP contribution in [0, 0.1) is 13.8 Å². The van der Waals surface area contributed by atoms with Gasteiger partial charge in [-0.25, -0.2) is 0 Å². The van der Waals surface area contributed by atoms with Crippen LogP contribution in [0.25, 0.3) is 0 Å². The number of likely N-dealkylation sites (N-methyl/N-ethyl adjacent to an activating group) is 1. The van der Waals surface area contributed by atoms with Crippen molar-refractivity contribution in [2.24, 2.45) is 0 Å². The van der Waals surface area contributed by atoms with Crippen molar-refractivity contribution in [2.45, 2.75) is 26.8 Å². The highest BCUT2D eigenvalue weighted by Gasteiger charge is 2.18. The van der Waals surface area contributed by atoms with Gasteiger partial charge in [0.15, 0.2) is 0 Å². The molecule has 0 radical (unpaired) electrons. The van der Waals surface area contributed by atoms with E-state index in [9.17, 15) is 9.59 Å². The molecular weight excluding hydrogens is 354 g/mol. The number of rotatable bonds is 9. The van der Waals surface area contributed by atoms with E-state index in [-0.39, 0.29) is 24.4 Å². The highest BCUT2D eigenvalue weighted by Crippen LogP contribution is 2.19. The smallest absolute Gasteiger partial charge is 0.243 e. The van der Waals surface area contributed by atoms with Gasteiger partial charge in [0.25, 0.3) is 0 Å². The van der Waals surface area contributed by atoms with Gasteiger partial charge in [0.2, 0.25) is 11.8 Å². The summed E-state index contributed by atoms with van der Waals surface area (Å²) >= 11 is 0. The minimum atomic E-state index is -0.368. The first-order chi connectivity index (χ1) is 13.4. The Morgan fingerprint density at radius 2 is 1.68 bits per heavy atom. The number of anilines is 1. The second-order valence-electron chi connectivity index (χ2n) is 6.85. The maximum atomic E-state index is 12.3. The van der Waals surface area contributed by atoms with Crippen molar-refractivity contribution >= 4 is 17.5 Å². The number of benzene rings is 2. The number of carbonyl (C=O) groups is 2. The SMILES string of the molecule is Cc1cccc(C)c1NC(=O)CNC(=O)[C@@H](C)N(C)CCOc1ccccc1. The lowest BCUT2D eigenvalue weighted by atomic mass is 10.1. The zero-order chi connectivity index (χ0) is 20.5. The molecule has 0 spiro atoms. The molecule has 2 aromatic rings. The van der Waals surface area contributed by atoms with Crippen LogP contribution in [0.2, 0.25) is 0 Å². The molecule has 0 aromatic heterocycles. The van der Waals surface area contributed by atoms with E-state index in [0.29, 0.717) is 13.2 Å². The zero-order valence-electron chi connectivity index (χ0n) is 17.0. The fourth-order valence-electron chi connectivity index (χ4n) is 2.73. The van der Waals surface area contributed by atoms with Crippen LogP contribution >= 0.6 is 0 Å². The van der Waals surface area contributed by atoms with Gasteiger partial charge in [0.05, 0.1) is 12.6 Å². The Bertz CT molecular complexity index is 773. The number of nitrogens with zero attached hydrogens (tertiary/aromatic N) is 1. The summed E-state index contributed by atoms with van der Waals surface area (Å²) < 4.78 is 5.66.